The molecule has 0 bridgehead atoms. The van der Waals surface area contributed by atoms with Crippen molar-refractivity contribution in [3.8, 4) is 11.8 Å². The Morgan fingerprint density at radius 3 is 2.43 bits per heavy atom. The first-order chi connectivity index (χ1) is 11.1. The van der Waals surface area contributed by atoms with Crippen molar-refractivity contribution in [1.82, 2.24) is 0 Å². The van der Waals surface area contributed by atoms with Gasteiger partial charge < -0.3 is 9.90 Å². The van der Waals surface area contributed by atoms with Crippen molar-refractivity contribution in [2.45, 2.75) is 96.1 Å². The van der Waals surface area contributed by atoms with E-state index in [-0.39, 0.29) is 6.42 Å². The average molecular weight is 325 g/mol. The fraction of sp³-hybridized carbons (Fsp3) is 0.833. The number of aliphatic hydroxyl groups excluding tert-OH is 1. The van der Waals surface area contributed by atoms with Crippen molar-refractivity contribution in [2.75, 3.05) is 0 Å². The summed E-state index contributed by atoms with van der Waals surface area (Å²) in [5, 5.41) is 20.9. The molecule has 2 unspecified atom stereocenters. The molecule has 1 N–H and O–H groups in total. The Hall–Kier alpha value is -1.41. The summed E-state index contributed by atoms with van der Waals surface area (Å²) in [6, 6.07) is -1.02. The summed E-state index contributed by atoms with van der Waals surface area (Å²) in [4.78, 5) is 20.8. The summed E-state index contributed by atoms with van der Waals surface area (Å²) >= 11 is 0. The average Bonchev–Trinajstić information content (AvgIpc) is 2.53. The minimum absolute atomic E-state index is 0.0949. The highest BCUT2D eigenvalue weighted by Gasteiger charge is 2.28. The van der Waals surface area contributed by atoms with Gasteiger partial charge in [-0.15, -0.1) is 5.92 Å². The number of aliphatic hydroxyl groups is 1. The number of hydrogen-bond acceptors (Lipinski definition) is 4. The molecular weight excluding hydrogens is 294 g/mol. The Bertz CT molecular complexity index is 373. The highest BCUT2D eigenvalue weighted by molar-refractivity contribution is 5.48. The smallest absolute Gasteiger partial charge is 0.249 e. The summed E-state index contributed by atoms with van der Waals surface area (Å²) in [5.41, 5.74) is 0. The van der Waals surface area contributed by atoms with Crippen LogP contribution in [0.1, 0.15) is 84.0 Å². The molecule has 0 rings (SSSR count). The van der Waals surface area contributed by atoms with Crippen LogP contribution in [0.25, 0.3) is 0 Å². The van der Waals surface area contributed by atoms with E-state index < -0.39 is 17.1 Å². The maximum atomic E-state index is 11.0. The highest BCUT2D eigenvalue weighted by atomic mass is 16.6. The van der Waals surface area contributed by atoms with Gasteiger partial charge in [-0.25, -0.2) is 0 Å². The Labute approximate surface area is 140 Å². The van der Waals surface area contributed by atoms with Crippen molar-refractivity contribution < 1.29 is 14.8 Å². The molecule has 0 aliphatic rings. The molecule has 0 saturated heterocycles. The van der Waals surface area contributed by atoms with Crippen molar-refractivity contribution in [2.24, 2.45) is 0 Å². The Balaban J connectivity index is 3.93. The molecule has 0 radical (unpaired) electrons. The van der Waals surface area contributed by atoms with Crippen LogP contribution in [0.5, 0.6) is 0 Å². The van der Waals surface area contributed by atoms with Gasteiger partial charge in [-0.05, 0) is 19.3 Å². The fourth-order valence-corrected chi connectivity index (χ4v) is 2.38. The third-order valence-corrected chi connectivity index (χ3v) is 3.88. The summed E-state index contributed by atoms with van der Waals surface area (Å²) in [5.74, 6) is 5.82. The summed E-state index contributed by atoms with van der Waals surface area (Å²) < 4.78 is 0. The van der Waals surface area contributed by atoms with Gasteiger partial charge in [0.25, 0.3) is 0 Å². The van der Waals surface area contributed by atoms with Gasteiger partial charge in [0.2, 0.25) is 6.04 Å². The number of unbranched alkanes of at least 4 members (excludes halogenated alkanes) is 8. The van der Waals surface area contributed by atoms with Crippen LogP contribution in [-0.4, -0.2) is 28.5 Å². The Kier molecular flexibility index (Phi) is 14.5. The standard InChI is InChI=1S/C18H31NO4/c1-2-3-4-5-6-7-8-9-11-14-17(19(22)23)18(21)15-12-10-13-16-20/h16-18,21H,2-8,10,12-15H2,1H3. The Morgan fingerprint density at radius 1 is 1.09 bits per heavy atom. The largest absolute Gasteiger partial charge is 0.386 e. The molecule has 5 nitrogen and oxygen atoms in total. The lowest BCUT2D eigenvalue weighted by molar-refractivity contribution is -0.533. The monoisotopic (exact) mass is 325 g/mol. The van der Waals surface area contributed by atoms with Gasteiger partial charge in [0.15, 0.2) is 0 Å². The second-order valence-electron chi connectivity index (χ2n) is 5.95. The molecule has 132 valence electrons. The molecule has 0 amide bonds. The van der Waals surface area contributed by atoms with E-state index in [9.17, 15) is 20.0 Å². The third kappa shape index (κ3) is 12.8. The summed E-state index contributed by atoms with van der Waals surface area (Å²) in [7, 11) is 0. The van der Waals surface area contributed by atoms with Crippen molar-refractivity contribution in [1.29, 1.82) is 0 Å². The number of hydrogen-bond donors (Lipinski definition) is 1. The van der Waals surface area contributed by atoms with Crippen LogP contribution < -0.4 is 0 Å². The van der Waals surface area contributed by atoms with Crippen LogP contribution in [0.4, 0.5) is 0 Å². The second kappa shape index (κ2) is 15.5. The van der Waals surface area contributed by atoms with Crippen molar-refractivity contribution in [3.63, 3.8) is 0 Å². The molecule has 0 aliphatic carbocycles. The first-order valence-electron chi connectivity index (χ1n) is 8.84. The van der Waals surface area contributed by atoms with Gasteiger partial charge in [-0.2, -0.15) is 0 Å². The third-order valence-electron chi connectivity index (χ3n) is 3.88. The molecule has 0 fully saturated rings. The first kappa shape index (κ1) is 21.6. The van der Waals surface area contributed by atoms with E-state index in [4.69, 9.17) is 0 Å². The number of carbonyl (C=O) groups excluding carboxylic acids is 1. The number of aldehydes is 1. The van der Waals surface area contributed by atoms with E-state index in [1.807, 2.05) is 0 Å². The van der Waals surface area contributed by atoms with E-state index in [0.717, 1.165) is 25.5 Å². The van der Waals surface area contributed by atoms with Gasteiger partial charge in [0, 0.05) is 17.8 Å². The van der Waals surface area contributed by atoms with Crippen LogP contribution in [-0.2, 0) is 4.79 Å². The van der Waals surface area contributed by atoms with E-state index in [0.29, 0.717) is 25.7 Å². The second-order valence-corrected chi connectivity index (χ2v) is 5.95. The van der Waals surface area contributed by atoms with E-state index in [2.05, 4.69) is 18.8 Å². The van der Waals surface area contributed by atoms with Crippen molar-refractivity contribution >= 4 is 6.29 Å². The molecule has 0 aromatic rings. The molecule has 0 aliphatic heterocycles. The zero-order valence-electron chi connectivity index (χ0n) is 14.3. The lowest BCUT2D eigenvalue weighted by atomic mass is 10.0. The minimum atomic E-state index is -1.02. The number of rotatable bonds is 14. The molecule has 0 aromatic carbocycles. The number of carbonyl (C=O) groups is 1. The quantitative estimate of drug-likeness (QED) is 0.173. The van der Waals surface area contributed by atoms with Gasteiger partial charge >= 0.3 is 0 Å². The molecule has 23 heavy (non-hydrogen) atoms. The number of nitrogens with zero attached hydrogens (tertiary/aromatic N) is 1. The lowest BCUT2D eigenvalue weighted by Gasteiger charge is -2.13. The SMILES string of the molecule is CCCCCCCCC#CCC(C(O)CCCCC=O)[N+](=O)[O-]. The van der Waals surface area contributed by atoms with Crippen molar-refractivity contribution in [3.05, 3.63) is 10.1 Å². The highest BCUT2D eigenvalue weighted by Crippen LogP contribution is 2.11. The van der Waals surface area contributed by atoms with Gasteiger partial charge in [-0.3, -0.25) is 10.1 Å². The van der Waals surface area contributed by atoms with Crippen LogP contribution in [0.2, 0.25) is 0 Å². The lowest BCUT2D eigenvalue weighted by Crippen LogP contribution is -2.33. The maximum Gasteiger partial charge on any atom is 0.249 e. The van der Waals surface area contributed by atoms with E-state index in [1.165, 1.54) is 25.7 Å². The maximum absolute atomic E-state index is 11.0. The normalized spacial score (nSPS) is 13.0. The molecular formula is C18H31NO4. The van der Waals surface area contributed by atoms with E-state index in [1.54, 1.807) is 0 Å². The van der Waals surface area contributed by atoms with Gasteiger partial charge in [0.05, 0.1) is 6.42 Å². The molecule has 5 heteroatoms. The molecule has 0 spiro atoms. The van der Waals surface area contributed by atoms with E-state index >= 15 is 0 Å². The minimum Gasteiger partial charge on any atom is -0.386 e. The fourth-order valence-electron chi connectivity index (χ4n) is 2.38. The molecule has 0 aromatic heterocycles. The summed E-state index contributed by atoms with van der Waals surface area (Å²) in [6.45, 7) is 2.19. The topological polar surface area (TPSA) is 80.4 Å². The van der Waals surface area contributed by atoms with Gasteiger partial charge in [-0.1, -0.05) is 51.4 Å². The molecule has 0 heterocycles. The predicted octanol–water partition coefficient (Wildman–Crippen LogP) is 3.90. The Morgan fingerprint density at radius 2 is 1.78 bits per heavy atom. The van der Waals surface area contributed by atoms with Gasteiger partial charge in [0.1, 0.15) is 12.4 Å². The summed E-state index contributed by atoms with van der Waals surface area (Å²) in [6.07, 6.45) is 9.98. The van der Waals surface area contributed by atoms with Crippen LogP contribution in [0, 0.1) is 22.0 Å². The predicted molar refractivity (Wildman–Crippen MR) is 91.7 cm³/mol. The molecule has 2 atom stereocenters. The zero-order chi connectivity index (χ0) is 17.3. The molecule has 0 saturated carbocycles. The van der Waals surface area contributed by atoms with Crippen LogP contribution in [0.3, 0.4) is 0 Å². The zero-order valence-corrected chi connectivity index (χ0v) is 14.3. The number of nitro groups is 1. The van der Waals surface area contributed by atoms with Crippen LogP contribution in [0.15, 0.2) is 0 Å². The van der Waals surface area contributed by atoms with Crippen LogP contribution >= 0.6 is 0 Å². The first-order valence-corrected chi connectivity index (χ1v) is 8.84.